The first-order valence-electron chi connectivity index (χ1n) is 7.18. The topological polar surface area (TPSA) is 92.7 Å². The maximum atomic E-state index is 11.8. The molecule has 0 fully saturated rings. The fourth-order valence-electron chi connectivity index (χ4n) is 1.68. The first-order valence-corrected chi connectivity index (χ1v) is 7.18. The molecule has 22 heavy (non-hydrogen) atoms. The lowest BCUT2D eigenvalue weighted by atomic mass is 10.1. The van der Waals surface area contributed by atoms with Crippen molar-refractivity contribution in [3.8, 4) is 0 Å². The van der Waals surface area contributed by atoms with Crippen molar-refractivity contribution in [1.82, 2.24) is 5.32 Å². The molecule has 0 radical (unpaired) electrons. The zero-order valence-electron chi connectivity index (χ0n) is 13.6. The van der Waals surface area contributed by atoms with E-state index in [0.29, 0.717) is 0 Å². The number of hydrogen-bond donors (Lipinski definition) is 2. The predicted octanol–water partition coefficient (Wildman–Crippen LogP) is 2.20. The molecule has 1 amide bonds. The highest BCUT2D eigenvalue weighted by Crippen LogP contribution is 2.06. The lowest BCUT2D eigenvalue weighted by Crippen LogP contribution is -2.39. The van der Waals surface area contributed by atoms with Gasteiger partial charge in [0.05, 0.1) is 6.42 Å². The standard InChI is InChI=1S/C16H25NO5/c1-11(2)6-5-7-12(3)8-9-17-16(21)14(10-15(19)20)22-13(4)18/h6,8,14H,5,7,9-10H2,1-4H3,(H,17,21)(H,19,20). The summed E-state index contributed by atoms with van der Waals surface area (Å²) in [6, 6.07) is 0. The van der Waals surface area contributed by atoms with E-state index >= 15 is 0 Å². The number of carboxylic acids is 1. The van der Waals surface area contributed by atoms with E-state index < -0.39 is 30.4 Å². The quantitative estimate of drug-likeness (QED) is 0.503. The molecule has 124 valence electrons. The van der Waals surface area contributed by atoms with Gasteiger partial charge in [-0.25, -0.2) is 0 Å². The summed E-state index contributed by atoms with van der Waals surface area (Å²) in [5.74, 6) is -2.49. The number of esters is 1. The molecule has 0 aliphatic carbocycles. The summed E-state index contributed by atoms with van der Waals surface area (Å²) in [6.07, 6.45) is 3.99. The van der Waals surface area contributed by atoms with E-state index in [2.05, 4.69) is 11.4 Å². The van der Waals surface area contributed by atoms with Crippen LogP contribution < -0.4 is 5.32 Å². The van der Waals surface area contributed by atoms with Crippen LogP contribution in [0, 0.1) is 0 Å². The summed E-state index contributed by atoms with van der Waals surface area (Å²) in [7, 11) is 0. The maximum absolute atomic E-state index is 11.8. The predicted molar refractivity (Wildman–Crippen MR) is 83.2 cm³/mol. The van der Waals surface area contributed by atoms with E-state index in [1.54, 1.807) is 0 Å². The van der Waals surface area contributed by atoms with Crippen LogP contribution in [0.2, 0.25) is 0 Å². The van der Waals surface area contributed by atoms with Crippen LogP contribution in [0.5, 0.6) is 0 Å². The molecule has 1 atom stereocenters. The van der Waals surface area contributed by atoms with E-state index in [9.17, 15) is 14.4 Å². The molecule has 1 unspecified atom stereocenters. The Balaban J connectivity index is 4.34. The van der Waals surface area contributed by atoms with Crippen LogP contribution in [-0.4, -0.2) is 35.6 Å². The van der Waals surface area contributed by atoms with Crippen LogP contribution in [0.3, 0.4) is 0 Å². The molecule has 0 bridgehead atoms. The molecule has 0 aromatic rings. The third kappa shape index (κ3) is 10.7. The minimum Gasteiger partial charge on any atom is -0.481 e. The van der Waals surface area contributed by atoms with E-state index in [1.807, 2.05) is 26.8 Å². The molecular weight excluding hydrogens is 286 g/mol. The van der Waals surface area contributed by atoms with Crippen molar-refractivity contribution in [3.63, 3.8) is 0 Å². The van der Waals surface area contributed by atoms with Gasteiger partial charge in [0.1, 0.15) is 0 Å². The Morgan fingerprint density at radius 3 is 2.27 bits per heavy atom. The number of allylic oxidation sites excluding steroid dienone is 3. The summed E-state index contributed by atoms with van der Waals surface area (Å²) in [5.41, 5.74) is 2.39. The Labute approximate surface area is 131 Å². The zero-order chi connectivity index (χ0) is 17.1. The van der Waals surface area contributed by atoms with E-state index in [1.165, 1.54) is 5.57 Å². The monoisotopic (exact) mass is 311 g/mol. The SMILES string of the molecule is CC(=O)OC(CC(=O)O)C(=O)NCC=C(C)CCC=C(C)C. The van der Waals surface area contributed by atoms with Crippen LogP contribution in [0.25, 0.3) is 0 Å². The molecule has 6 nitrogen and oxygen atoms in total. The minimum atomic E-state index is -1.30. The van der Waals surface area contributed by atoms with Gasteiger partial charge in [-0.3, -0.25) is 14.4 Å². The van der Waals surface area contributed by atoms with Gasteiger partial charge in [0.15, 0.2) is 6.10 Å². The molecule has 0 saturated heterocycles. The Bertz CT molecular complexity index is 445. The van der Waals surface area contributed by atoms with Crippen LogP contribution in [0.15, 0.2) is 23.3 Å². The van der Waals surface area contributed by atoms with Crippen molar-refractivity contribution in [2.24, 2.45) is 0 Å². The van der Waals surface area contributed by atoms with Crippen LogP contribution in [0.4, 0.5) is 0 Å². The average Bonchev–Trinajstić information content (AvgIpc) is 2.36. The summed E-state index contributed by atoms with van der Waals surface area (Å²) in [6.45, 7) is 7.45. The van der Waals surface area contributed by atoms with Crippen molar-refractivity contribution in [1.29, 1.82) is 0 Å². The second-order valence-corrected chi connectivity index (χ2v) is 5.31. The molecule has 0 spiro atoms. The van der Waals surface area contributed by atoms with E-state index in [-0.39, 0.29) is 6.54 Å². The number of carboxylic acid groups (broad SMARTS) is 1. The number of aliphatic carboxylic acids is 1. The highest BCUT2D eigenvalue weighted by Gasteiger charge is 2.24. The number of nitrogens with one attached hydrogen (secondary N) is 1. The number of hydrogen-bond acceptors (Lipinski definition) is 4. The van der Waals surface area contributed by atoms with E-state index in [0.717, 1.165) is 25.3 Å². The summed E-state index contributed by atoms with van der Waals surface area (Å²) < 4.78 is 4.71. The molecule has 0 rings (SSSR count). The molecule has 0 saturated carbocycles. The number of rotatable bonds is 9. The molecule has 2 N–H and O–H groups in total. The van der Waals surface area contributed by atoms with Gasteiger partial charge in [-0.15, -0.1) is 0 Å². The van der Waals surface area contributed by atoms with Gasteiger partial charge in [0.2, 0.25) is 0 Å². The van der Waals surface area contributed by atoms with E-state index in [4.69, 9.17) is 9.84 Å². The van der Waals surface area contributed by atoms with Crippen molar-refractivity contribution >= 4 is 17.8 Å². The van der Waals surface area contributed by atoms with Crippen molar-refractivity contribution < 1.29 is 24.2 Å². The van der Waals surface area contributed by atoms with Crippen LogP contribution in [0.1, 0.15) is 47.0 Å². The third-order valence-electron chi connectivity index (χ3n) is 2.78. The second-order valence-electron chi connectivity index (χ2n) is 5.31. The van der Waals surface area contributed by atoms with Gasteiger partial charge in [0, 0.05) is 13.5 Å². The van der Waals surface area contributed by atoms with Crippen LogP contribution >= 0.6 is 0 Å². The molecule has 0 aromatic heterocycles. The zero-order valence-corrected chi connectivity index (χ0v) is 13.6. The molecule has 0 aliphatic rings. The summed E-state index contributed by atoms with van der Waals surface area (Å²) in [4.78, 5) is 33.4. The van der Waals surface area contributed by atoms with Crippen LogP contribution in [-0.2, 0) is 19.1 Å². The molecule has 0 aliphatic heterocycles. The lowest BCUT2D eigenvalue weighted by Gasteiger charge is -2.14. The Morgan fingerprint density at radius 1 is 1.14 bits per heavy atom. The highest BCUT2D eigenvalue weighted by atomic mass is 16.5. The summed E-state index contributed by atoms with van der Waals surface area (Å²) >= 11 is 0. The van der Waals surface area contributed by atoms with Crippen molar-refractivity contribution in [2.75, 3.05) is 6.54 Å². The Morgan fingerprint density at radius 2 is 1.77 bits per heavy atom. The van der Waals surface area contributed by atoms with Gasteiger partial charge in [-0.2, -0.15) is 0 Å². The third-order valence-corrected chi connectivity index (χ3v) is 2.78. The van der Waals surface area contributed by atoms with Crippen molar-refractivity contribution in [3.05, 3.63) is 23.3 Å². The lowest BCUT2D eigenvalue weighted by molar-refractivity contribution is -0.157. The first-order chi connectivity index (χ1) is 10.2. The smallest absolute Gasteiger partial charge is 0.307 e. The maximum Gasteiger partial charge on any atom is 0.307 e. The second kappa shape index (κ2) is 10.6. The number of amides is 1. The average molecular weight is 311 g/mol. The largest absolute Gasteiger partial charge is 0.481 e. The fraction of sp³-hybridized carbons (Fsp3) is 0.562. The first kappa shape index (κ1) is 19.9. The van der Waals surface area contributed by atoms with Gasteiger partial charge in [-0.1, -0.05) is 23.3 Å². The minimum absolute atomic E-state index is 0.275. The molecule has 0 aromatic carbocycles. The molecular formula is C16H25NO5. The Kier molecular flexibility index (Phi) is 9.58. The molecule has 0 heterocycles. The highest BCUT2D eigenvalue weighted by molar-refractivity contribution is 5.87. The van der Waals surface area contributed by atoms with Gasteiger partial charge >= 0.3 is 11.9 Å². The van der Waals surface area contributed by atoms with Gasteiger partial charge < -0.3 is 15.2 Å². The summed E-state index contributed by atoms with van der Waals surface area (Å²) in [5, 5.41) is 11.3. The van der Waals surface area contributed by atoms with Gasteiger partial charge in [-0.05, 0) is 33.6 Å². The number of ether oxygens (including phenoxy) is 1. The number of carbonyl (C=O) groups is 3. The van der Waals surface area contributed by atoms with Crippen molar-refractivity contribution in [2.45, 2.75) is 53.1 Å². The normalized spacial score (nSPS) is 12.3. The molecule has 6 heteroatoms. The van der Waals surface area contributed by atoms with Gasteiger partial charge in [0.25, 0.3) is 5.91 Å². The fourth-order valence-corrected chi connectivity index (χ4v) is 1.68. The Hall–Kier alpha value is -2.11. The number of carbonyl (C=O) groups excluding carboxylic acids is 2.